The van der Waals surface area contributed by atoms with Gasteiger partial charge in [0, 0.05) is 35.1 Å². The Morgan fingerprint density at radius 2 is 1.79 bits per heavy atom. The third-order valence-corrected chi connectivity index (χ3v) is 3.98. The van der Waals surface area contributed by atoms with Crippen LogP contribution in [0.4, 0.5) is 5.69 Å². The van der Waals surface area contributed by atoms with E-state index in [0.29, 0.717) is 5.69 Å². The van der Waals surface area contributed by atoms with E-state index in [1.807, 2.05) is 60.8 Å². The van der Waals surface area contributed by atoms with Crippen LogP contribution < -0.4 is 0 Å². The second-order valence-electron chi connectivity index (χ2n) is 5.42. The number of rotatable bonds is 3. The van der Waals surface area contributed by atoms with E-state index < -0.39 is 4.92 Å². The average molecular weight is 315 g/mol. The van der Waals surface area contributed by atoms with Crippen molar-refractivity contribution in [3.05, 3.63) is 89.2 Å². The molecule has 0 saturated carbocycles. The number of nitrogens with zero attached hydrogens (tertiary/aromatic N) is 3. The predicted octanol–water partition coefficient (Wildman–Crippen LogP) is 4.60. The van der Waals surface area contributed by atoms with Crippen molar-refractivity contribution in [1.82, 2.24) is 9.55 Å². The van der Waals surface area contributed by atoms with Crippen LogP contribution in [0.2, 0.25) is 0 Å². The first kappa shape index (κ1) is 14.1. The standard InChI is InChI=1S/C19H13N3O2/c23-22(24)18-7-4-11-20-19(18)15-8-9-17-14(13-15)10-12-21(17)16-5-2-1-3-6-16/h1-13H. The zero-order valence-corrected chi connectivity index (χ0v) is 12.7. The van der Waals surface area contributed by atoms with Gasteiger partial charge in [-0.15, -0.1) is 0 Å². The van der Waals surface area contributed by atoms with Crippen molar-refractivity contribution in [2.75, 3.05) is 0 Å². The van der Waals surface area contributed by atoms with Gasteiger partial charge >= 0.3 is 0 Å². The van der Waals surface area contributed by atoms with Crippen molar-refractivity contribution in [1.29, 1.82) is 0 Å². The normalized spacial score (nSPS) is 10.8. The second-order valence-corrected chi connectivity index (χ2v) is 5.42. The Kier molecular flexibility index (Phi) is 3.31. The van der Waals surface area contributed by atoms with Gasteiger partial charge in [-0.25, -0.2) is 4.98 Å². The highest BCUT2D eigenvalue weighted by molar-refractivity contribution is 5.87. The summed E-state index contributed by atoms with van der Waals surface area (Å²) in [6, 6.07) is 20.9. The Balaban J connectivity index is 1.86. The second kappa shape index (κ2) is 5.62. The van der Waals surface area contributed by atoms with E-state index in [4.69, 9.17) is 0 Å². The molecule has 5 nitrogen and oxygen atoms in total. The van der Waals surface area contributed by atoms with E-state index in [2.05, 4.69) is 9.55 Å². The van der Waals surface area contributed by atoms with Crippen molar-refractivity contribution in [2.45, 2.75) is 0 Å². The Morgan fingerprint density at radius 3 is 2.58 bits per heavy atom. The number of aromatic nitrogens is 2. The molecule has 0 spiro atoms. The van der Waals surface area contributed by atoms with Crippen LogP contribution in [0.1, 0.15) is 0 Å². The lowest BCUT2D eigenvalue weighted by atomic mass is 10.1. The molecule has 24 heavy (non-hydrogen) atoms. The molecule has 116 valence electrons. The molecule has 0 fully saturated rings. The fraction of sp³-hybridized carbons (Fsp3) is 0. The van der Waals surface area contributed by atoms with Gasteiger partial charge in [0.1, 0.15) is 5.69 Å². The van der Waals surface area contributed by atoms with Gasteiger partial charge in [0.15, 0.2) is 0 Å². The van der Waals surface area contributed by atoms with Crippen LogP contribution in [-0.4, -0.2) is 14.5 Å². The molecule has 0 saturated heterocycles. The van der Waals surface area contributed by atoms with Gasteiger partial charge in [-0.3, -0.25) is 10.1 Å². The van der Waals surface area contributed by atoms with Gasteiger partial charge in [-0.1, -0.05) is 24.3 Å². The quantitative estimate of drug-likeness (QED) is 0.410. The number of fused-ring (bicyclic) bond motifs is 1. The molecular formula is C19H13N3O2. The third kappa shape index (κ3) is 2.32. The van der Waals surface area contributed by atoms with Gasteiger partial charge < -0.3 is 4.57 Å². The smallest absolute Gasteiger partial charge is 0.295 e. The number of pyridine rings is 1. The molecule has 5 heteroatoms. The number of hydrogen-bond acceptors (Lipinski definition) is 3. The molecule has 2 aromatic heterocycles. The number of benzene rings is 2. The summed E-state index contributed by atoms with van der Waals surface area (Å²) in [4.78, 5) is 15.0. The molecule has 0 N–H and O–H groups in total. The lowest BCUT2D eigenvalue weighted by Crippen LogP contribution is -1.94. The summed E-state index contributed by atoms with van der Waals surface area (Å²) in [5, 5.41) is 12.2. The number of nitro groups is 1. The SMILES string of the molecule is O=[N+]([O-])c1cccnc1-c1ccc2c(ccn2-c2ccccc2)c1. The summed E-state index contributed by atoms with van der Waals surface area (Å²) in [6.45, 7) is 0. The molecular weight excluding hydrogens is 302 g/mol. The van der Waals surface area contributed by atoms with Crippen LogP contribution in [0.3, 0.4) is 0 Å². The summed E-state index contributed by atoms with van der Waals surface area (Å²) >= 11 is 0. The molecule has 0 bridgehead atoms. The highest BCUT2D eigenvalue weighted by atomic mass is 16.6. The van der Waals surface area contributed by atoms with Crippen LogP contribution in [0.5, 0.6) is 0 Å². The van der Waals surface area contributed by atoms with Gasteiger partial charge in [0.25, 0.3) is 5.69 Å². The molecule has 0 unspecified atom stereocenters. The molecule has 0 aliphatic rings. The maximum absolute atomic E-state index is 11.2. The highest BCUT2D eigenvalue weighted by Gasteiger charge is 2.16. The van der Waals surface area contributed by atoms with Crippen molar-refractivity contribution in [3.63, 3.8) is 0 Å². The summed E-state index contributed by atoms with van der Waals surface area (Å²) in [5.41, 5.74) is 3.25. The average Bonchev–Trinajstić information content (AvgIpc) is 3.05. The molecule has 0 amide bonds. The van der Waals surface area contributed by atoms with E-state index in [9.17, 15) is 10.1 Å². The maximum atomic E-state index is 11.2. The molecule has 0 atom stereocenters. The Hall–Kier alpha value is -3.47. The maximum Gasteiger partial charge on any atom is 0.295 e. The first-order valence-electron chi connectivity index (χ1n) is 7.50. The fourth-order valence-electron chi connectivity index (χ4n) is 2.87. The summed E-state index contributed by atoms with van der Waals surface area (Å²) in [7, 11) is 0. The van der Waals surface area contributed by atoms with Crippen molar-refractivity contribution < 1.29 is 4.92 Å². The monoisotopic (exact) mass is 315 g/mol. The summed E-state index contributed by atoms with van der Waals surface area (Å²) in [6.07, 6.45) is 3.57. The number of para-hydroxylation sites is 1. The predicted molar refractivity (Wildman–Crippen MR) is 93.2 cm³/mol. The molecule has 0 aliphatic carbocycles. The summed E-state index contributed by atoms with van der Waals surface area (Å²) in [5.74, 6) is 0. The highest BCUT2D eigenvalue weighted by Crippen LogP contribution is 2.30. The fourth-order valence-corrected chi connectivity index (χ4v) is 2.87. The van der Waals surface area contributed by atoms with E-state index >= 15 is 0 Å². The van der Waals surface area contributed by atoms with Crippen LogP contribution in [0.25, 0.3) is 27.8 Å². The summed E-state index contributed by atoms with van der Waals surface area (Å²) < 4.78 is 2.09. The zero-order chi connectivity index (χ0) is 16.5. The van der Waals surface area contributed by atoms with Gasteiger partial charge in [0.05, 0.1) is 10.4 Å². The van der Waals surface area contributed by atoms with Crippen molar-refractivity contribution in [2.24, 2.45) is 0 Å². The largest absolute Gasteiger partial charge is 0.317 e. The third-order valence-electron chi connectivity index (χ3n) is 3.98. The van der Waals surface area contributed by atoms with Gasteiger partial charge in [-0.2, -0.15) is 0 Å². The van der Waals surface area contributed by atoms with E-state index in [1.165, 1.54) is 6.07 Å². The van der Waals surface area contributed by atoms with Crippen molar-refractivity contribution >= 4 is 16.6 Å². The first-order chi connectivity index (χ1) is 11.7. The molecule has 0 aliphatic heterocycles. The molecule has 4 aromatic rings. The topological polar surface area (TPSA) is 61.0 Å². The zero-order valence-electron chi connectivity index (χ0n) is 12.7. The Bertz CT molecular complexity index is 1040. The minimum Gasteiger partial charge on any atom is -0.317 e. The minimum absolute atomic E-state index is 0.0133. The Morgan fingerprint density at radius 1 is 0.958 bits per heavy atom. The van der Waals surface area contributed by atoms with Crippen LogP contribution in [0.15, 0.2) is 79.1 Å². The Labute approximate surface area is 138 Å². The molecule has 0 radical (unpaired) electrons. The molecule has 2 heterocycles. The first-order valence-corrected chi connectivity index (χ1v) is 7.50. The number of hydrogen-bond donors (Lipinski definition) is 0. The minimum atomic E-state index is -0.401. The van der Waals surface area contributed by atoms with Gasteiger partial charge in [0.2, 0.25) is 0 Å². The van der Waals surface area contributed by atoms with Crippen LogP contribution >= 0.6 is 0 Å². The van der Waals surface area contributed by atoms with E-state index in [-0.39, 0.29) is 5.69 Å². The van der Waals surface area contributed by atoms with Crippen LogP contribution in [-0.2, 0) is 0 Å². The van der Waals surface area contributed by atoms with Crippen LogP contribution in [0, 0.1) is 10.1 Å². The molecule has 4 rings (SSSR count). The van der Waals surface area contributed by atoms with E-state index in [0.717, 1.165) is 22.2 Å². The van der Waals surface area contributed by atoms with Crippen molar-refractivity contribution in [3.8, 4) is 16.9 Å². The van der Waals surface area contributed by atoms with E-state index in [1.54, 1.807) is 12.3 Å². The lowest BCUT2D eigenvalue weighted by molar-refractivity contribution is -0.384. The van der Waals surface area contributed by atoms with Gasteiger partial charge in [-0.05, 0) is 36.4 Å². The molecule has 2 aromatic carbocycles. The lowest BCUT2D eigenvalue weighted by Gasteiger charge is -2.06.